The van der Waals surface area contributed by atoms with E-state index in [2.05, 4.69) is 16.0 Å². The second-order valence-corrected chi connectivity index (χ2v) is 4.54. The van der Waals surface area contributed by atoms with Crippen LogP contribution in [0.1, 0.15) is 23.2 Å². The lowest BCUT2D eigenvalue weighted by Crippen LogP contribution is -2.30. The van der Waals surface area contributed by atoms with Gasteiger partial charge in [0.2, 0.25) is 11.8 Å². The quantitative estimate of drug-likeness (QED) is 0.555. The number of nitrogens with one attached hydrogen (secondary N) is 3. The first-order chi connectivity index (χ1) is 9.95. The number of carbonyl (C=O) groups excluding carboxylic acids is 4. The van der Waals surface area contributed by atoms with E-state index in [0.717, 1.165) is 0 Å². The fraction of sp³-hybridized carbons (Fsp3) is 0.231. The third-order valence-electron chi connectivity index (χ3n) is 2.97. The number of carbonyl (C=O) groups is 4. The van der Waals surface area contributed by atoms with Crippen molar-refractivity contribution in [3.63, 3.8) is 0 Å². The standard InChI is InChI=1S/C13H14N4O4/c14-11(19)7-1-3-8(4-2-7)15-10(18)6-5-9-12(20)17-13(21)16-9/h1-4,9H,5-6H2,(H2,14,19)(H,15,18)(H2,16,17,20,21)/t9-/m1/s1. The molecule has 1 aromatic rings. The highest BCUT2D eigenvalue weighted by molar-refractivity contribution is 6.04. The van der Waals surface area contributed by atoms with Crippen LogP contribution in [0.3, 0.4) is 0 Å². The van der Waals surface area contributed by atoms with Crippen molar-refractivity contribution in [1.82, 2.24) is 10.6 Å². The maximum Gasteiger partial charge on any atom is 0.322 e. The lowest BCUT2D eigenvalue weighted by molar-refractivity contribution is -0.120. The molecule has 0 unspecified atom stereocenters. The zero-order valence-corrected chi connectivity index (χ0v) is 11.0. The Labute approximate surface area is 120 Å². The summed E-state index contributed by atoms with van der Waals surface area (Å²) in [6, 6.07) is 4.89. The van der Waals surface area contributed by atoms with Crippen molar-refractivity contribution in [3.8, 4) is 0 Å². The highest BCUT2D eigenvalue weighted by atomic mass is 16.2. The minimum Gasteiger partial charge on any atom is -0.366 e. The van der Waals surface area contributed by atoms with E-state index in [1.165, 1.54) is 12.1 Å². The van der Waals surface area contributed by atoms with Gasteiger partial charge >= 0.3 is 6.03 Å². The van der Waals surface area contributed by atoms with Crippen molar-refractivity contribution >= 4 is 29.4 Å². The summed E-state index contributed by atoms with van der Waals surface area (Å²) in [7, 11) is 0. The predicted octanol–water partition coefficient (Wildman–Crippen LogP) is -0.288. The molecule has 0 spiro atoms. The molecule has 0 bridgehead atoms. The molecular weight excluding hydrogens is 276 g/mol. The van der Waals surface area contributed by atoms with Crippen molar-refractivity contribution < 1.29 is 19.2 Å². The lowest BCUT2D eigenvalue weighted by Gasteiger charge is -2.08. The Bertz CT molecular complexity index is 597. The SMILES string of the molecule is NC(=O)c1ccc(NC(=O)CC[C@H]2NC(=O)NC2=O)cc1. The van der Waals surface area contributed by atoms with Crippen LogP contribution in [-0.2, 0) is 9.59 Å². The molecule has 8 nitrogen and oxygen atoms in total. The highest BCUT2D eigenvalue weighted by Crippen LogP contribution is 2.11. The molecule has 0 aliphatic carbocycles. The summed E-state index contributed by atoms with van der Waals surface area (Å²) in [6.07, 6.45) is 0.290. The number of rotatable bonds is 5. The minimum atomic E-state index is -0.680. The van der Waals surface area contributed by atoms with Gasteiger partial charge in [0.15, 0.2) is 0 Å². The van der Waals surface area contributed by atoms with Crippen molar-refractivity contribution in [2.45, 2.75) is 18.9 Å². The zero-order valence-electron chi connectivity index (χ0n) is 11.0. The molecule has 21 heavy (non-hydrogen) atoms. The van der Waals surface area contributed by atoms with Crippen LogP contribution < -0.4 is 21.7 Å². The lowest BCUT2D eigenvalue weighted by atomic mass is 10.1. The van der Waals surface area contributed by atoms with Gasteiger partial charge in [0.05, 0.1) is 0 Å². The van der Waals surface area contributed by atoms with E-state index in [9.17, 15) is 19.2 Å². The monoisotopic (exact) mass is 290 g/mol. The van der Waals surface area contributed by atoms with Crippen LogP contribution in [0.2, 0.25) is 0 Å². The van der Waals surface area contributed by atoms with E-state index < -0.39 is 23.9 Å². The number of hydrogen-bond donors (Lipinski definition) is 4. The second kappa shape index (κ2) is 6.04. The molecule has 1 atom stereocenters. The summed E-state index contributed by atoms with van der Waals surface area (Å²) in [6.45, 7) is 0. The molecule has 5 amide bonds. The van der Waals surface area contributed by atoms with Crippen LogP contribution in [0.25, 0.3) is 0 Å². The van der Waals surface area contributed by atoms with E-state index in [0.29, 0.717) is 11.3 Å². The van der Waals surface area contributed by atoms with Crippen molar-refractivity contribution in [2.24, 2.45) is 5.73 Å². The maximum absolute atomic E-state index is 11.7. The third-order valence-corrected chi connectivity index (χ3v) is 2.97. The van der Waals surface area contributed by atoms with E-state index in [1.807, 2.05) is 0 Å². The largest absolute Gasteiger partial charge is 0.366 e. The molecule has 1 aliphatic rings. The second-order valence-electron chi connectivity index (χ2n) is 4.54. The summed E-state index contributed by atoms with van der Waals surface area (Å²) >= 11 is 0. The number of nitrogens with two attached hydrogens (primary N) is 1. The van der Waals surface area contributed by atoms with Gasteiger partial charge in [0, 0.05) is 17.7 Å². The smallest absolute Gasteiger partial charge is 0.322 e. The topological polar surface area (TPSA) is 130 Å². The molecular formula is C13H14N4O4. The normalized spacial score (nSPS) is 17.0. The number of hydrogen-bond acceptors (Lipinski definition) is 4. The number of urea groups is 1. The van der Waals surface area contributed by atoms with Crippen LogP contribution in [0, 0.1) is 0 Å². The van der Waals surface area contributed by atoms with E-state index >= 15 is 0 Å². The molecule has 1 aromatic carbocycles. The van der Waals surface area contributed by atoms with Crippen LogP contribution in [0.4, 0.5) is 10.5 Å². The minimum absolute atomic E-state index is 0.0793. The van der Waals surface area contributed by atoms with Crippen LogP contribution in [-0.4, -0.2) is 29.8 Å². The van der Waals surface area contributed by atoms with Crippen molar-refractivity contribution in [1.29, 1.82) is 0 Å². The highest BCUT2D eigenvalue weighted by Gasteiger charge is 2.29. The van der Waals surface area contributed by atoms with Gasteiger partial charge in [-0.3, -0.25) is 19.7 Å². The fourth-order valence-corrected chi connectivity index (χ4v) is 1.88. The number of primary amides is 1. The van der Waals surface area contributed by atoms with Crippen LogP contribution in [0.15, 0.2) is 24.3 Å². The summed E-state index contributed by atoms with van der Waals surface area (Å²) in [5.41, 5.74) is 5.97. The first kappa shape index (κ1) is 14.5. The molecule has 2 rings (SSSR count). The number of amides is 5. The average Bonchev–Trinajstić information content (AvgIpc) is 2.75. The first-order valence-corrected chi connectivity index (χ1v) is 6.27. The van der Waals surface area contributed by atoms with Gasteiger partial charge in [-0.05, 0) is 30.7 Å². The Morgan fingerprint density at radius 1 is 1.19 bits per heavy atom. The molecule has 0 saturated carbocycles. The molecule has 0 aromatic heterocycles. The number of benzene rings is 1. The summed E-state index contributed by atoms with van der Waals surface area (Å²) in [5, 5.41) is 7.13. The Morgan fingerprint density at radius 2 is 1.86 bits per heavy atom. The molecule has 1 fully saturated rings. The Morgan fingerprint density at radius 3 is 2.38 bits per heavy atom. The van der Waals surface area contributed by atoms with Gasteiger partial charge in [-0.15, -0.1) is 0 Å². The Kier molecular flexibility index (Phi) is 4.17. The molecule has 5 N–H and O–H groups in total. The van der Waals surface area contributed by atoms with Crippen LogP contribution in [0.5, 0.6) is 0 Å². The van der Waals surface area contributed by atoms with Gasteiger partial charge in [-0.25, -0.2) is 4.79 Å². The molecule has 1 heterocycles. The van der Waals surface area contributed by atoms with E-state index in [4.69, 9.17) is 5.73 Å². The van der Waals surface area contributed by atoms with Crippen molar-refractivity contribution in [2.75, 3.05) is 5.32 Å². The average molecular weight is 290 g/mol. The Balaban J connectivity index is 1.83. The van der Waals surface area contributed by atoms with Crippen molar-refractivity contribution in [3.05, 3.63) is 29.8 Å². The molecule has 8 heteroatoms. The first-order valence-electron chi connectivity index (χ1n) is 6.27. The summed E-state index contributed by atoms with van der Waals surface area (Å²) in [4.78, 5) is 44.8. The van der Waals surface area contributed by atoms with Gasteiger partial charge in [0.1, 0.15) is 6.04 Å². The summed E-state index contributed by atoms with van der Waals surface area (Å²) in [5.74, 6) is -1.27. The zero-order chi connectivity index (χ0) is 15.4. The number of anilines is 1. The molecule has 110 valence electrons. The van der Waals surface area contributed by atoms with Gasteiger partial charge < -0.3 is 16.4 Å². The number of imide groups is 1. The fourth-order valence-electron chi connectivity index (χ4n) is 1.88. The van der Waals surface area contributed by atoms with E-state index in [-0.39, 0.29) is 18.7 Å². The van der Waals surface area contributed by atoms with Crippen LogP contribution >= 0.6 is 0 Å². The molecule has 1 aliphatic heterocycles. The molecule has 0 radical (unpaired) electrons. The third kappa shape index (κ3) is 3.78. The van der Waals surface area contributed by atoms with E-state index in [1.54, 1.807) is 12.1 Å². The van der Waals surface area contributed by atoms with Gasteiger partial charge in [-0.1, -0.05) is 0 Å². The maximum atomic E-state index is 11.7. The predicted molar refractivity (Wildman–Crippen MR) is 73.3 cm³/mol. The van der Waals surface area contributed by atoms with Gasteiger partial charge in [-0.2, -0.15) is 0 Å². The molecule has 1 saturated heterocycles. The van der Waals surface area contributed by atoms with Gasteiger partial charge in [0.25, 0.3) is 5.91 Å². The Hall–Kier alpha value is -2.90. The summed E-state index contributed by atoms with van der Waals surface area (Å²) < 4.78 is 0.